The summed E-state index contributed by atoms with van der Waals surface area (Å²) in [4.78, 5) is 38.2. The number of fused-ring (bicyclic) bond motifs is 1. The lowest BCUT2D eigenvalue weighted by molar-refractivity contribution is -0.386. The molecule has 0 amide bonds. The Labute approximate surface area is 180 Å². The van der Waals surface area contributed by atoms with Gasteiger partial charge in [0.1, 0.15) is 5.69 Å². The van der Waals surface area contributed by atoms with E-state index in [9.17, 15) is 19.7 Å². The van der Waals surface area contributed by atoms with E-state index in [0.717, 1.165) is 27.7 Å². The molecule has 4 rings (SSSR count). The van der Waals surface area contributed by atoms with E-state index < -0.39 is 21.9 Å². The van der Waals surface area contributed by atoms with E-state index in [1.54, 1.807) is 6.08 Å². The Kier molecular flexibility index (Phi) is 5.31. The molecule has 0 bridgehead atoms. The van der Waals surface area contributed by atoms with Gasteiger partial charge in [0, 0.05) is 33.7 Å². The van der Waals surface area contributed by atoms with Crippen LogP contribution in [0.3, 0.4) is 0 Å². The fraction of sp³-hybridized carbons (Fsp3) is 0.0909. The van der Waals surface area contributed by atoms with Gasteiger partial charge in [-0.05, 0) is 30.7 Å². The molecular formula is C22H17ClN4O4. The van der Waals surface area contributed by atoms with E-state index in [1.165, 1.54) is 6.08 Å². The average molecular weight is 437 g/mol. The Bertz CT molecular complexity index is 1460. The Morgan fingerprint density at radius 3 is 2.52 bits per heavy atom. The lowest BCUT2D eigenvalue weighted by Crippen LogP contribution is -2.25. The van der Waals surface area contributed by atoms with E-state index in [2.05, 4.69) is 9.55 Å². The second-order valence-corrected chi connectivity index (χ2v) is 7.36. The van der Waals surface area contributed by atoms with Gasteiger partial charge in [-0.3, -0.25) is 19.9 Å². The number of rotatable bonds is 5. The molecule has 31 heavy (non-hydrogen) atoms. The first kappa shape index (κ1) is 20.4. The molecule has 156 valence electrons. The Balaban J connectivity index is 1.86. The minimum Gasteiger partial charge on any atom is -0.340 e. The maximum atomic E-state index is 11.9. The largest absolute Gasteiger partial charge is 0.357 e. The van der Waals surface area contributed by atoms with Crippen molar-refractivity contribution in [2.75, 3.05) is 0 Å². The molecule has 0 unspecified atom stereocenters. The Morgan fingerprint density at radius 2 is 1.77 bits per heavy atom. The molecule has 0 aliphatic rings. The number of hydrogen-bond donors (Lipinski definition) is 2. The summed E-state index contributed by atoms with van der Waals surface area (Å²) in [5.74, 6) is 0. The van der Waals surface area contributed by atoms with Gasteiger partial charge in [-0.1, -0.05) is 54.1 Å². The van der Waals surface area contributed by atoms with Crippen molar-refractivity contribution in [3.8, 4) is 0 Å². The molecule has 0 radical (unpaired) electrons. The fourth-order valence-electron chi connectivity index (χ4n) is 3.63. The maximum absolute atomic E-state index is 11.9. The fourth-order valence-corrected chi connectivity index (χ4v) is 3.83. The van der Waals surface area contributed by atoms with Crippen molar-refractivity contribution < 1.29 is 4.92 Å². The van der Waals surface area contributed by atoms with Crippen molar-refractivity contribution in [3.63, 3.8) is 0 Å². The minimum absolute atomic E-state index is 0.166. The van der Waals surface area contributed by atoms with Gasteiger partial charge in [-0.25, -0.2) is 4.79 Å². The molecule has 2 heterocycles. The number of nitro groups is 1. The number of para-hydroxylation sites is 1. The van der Waals surface area contributed by atoms with Gasteiger partial charge in [0.25, 0.3) is 0 Å². The normalized spacial score (nSPS) is 11.4. The van der Waals surface area contributed by atoms with E-state index in [1.807, 2.05) is 60.4 Å². The summed E-state index contributed by atoms with van der Waals surface area (Å²) in [5.41, 5.74) is 0.908. The van der Waals surface area contributed by atoms with Crippen LogP contribution in [-0.2, 0) is 6.54 Å². The van der Waals surface area contributed by atoms with Gasteiger partial charge in [-0.15, -0.1) is 0 Å². The van der Waals surface area contributed by atoms with Crippen LogP contribution in [0, 0.1) is 17.0 Å². The molecule has 9 heteroatoms. The minimum atomic E-state index is -1.05. The third kappa shape index (κ3) is 3.80. The number of benzene rings is 2. The molecular weight excluding hydrogens is 420 g/mol. The smallest absolute Gasteiger partial charge is 0.340 e. The van der Waals surface area contributed by atoms with Crippen LogP contribution in [0.25, 0.3) is 23.1 Å². The molecule has 0 spiro atoms. The topological polar surface area (TPSA) is 114 Å². The molecule has 0 atom stereocenters. The summed E-state index contributed by atoms with van der Waals surface area (Å²) in [6, 6.07) is 15.3. The number of H-pyrrole nitrogens is 2. The maximum Gasteiger partial charge on any atom is 0.357 e. The summed E-state index contributed by atoms with van der Waals surface area (Å²) < 4.78 is 2.10. The quantitative estimate of drug-likeness (QED) is 0.362. The molecule has 8 nitrogen and oxygen atoms in total. The SMILES string of the molecule is Cc1c(/C=C/c2[nH]c(=O)[nH]c(=O)c2[N+](=O)[O-])c2ccccc2n1Cc1ccccc1Cl. The van der Waals surface area contributed by atoms with Crippen LogP contribution >= 0.6 is 11.6 Å². The standard InChI is InChI=1S/C22H17ClN4O4/c1-13-15(10-11-18-20(27(30)31)21(28)25-22(29)24-18)16-7-3-5-9-19(16)26(13)12-14-6-2-4-8-17(14)23/h2-11H,12H2,1H3,(H2,24,25,28,29)/b11-10+. The van der Waals surface area contributed by atoms with E-state index in [-0.39, 0.29) is 5.69 Å². The summed E-state index contributed by atoms with van der Waals surface area (Å²) in [7, 11) is 0. The van der Waals surface area contributed by atoms with Crippen LogP contribution in [0.1, 0.15) is 22.5 Å². The van der Waals surface area contributed by atoms with Crippen LogP contribution < -0.4 is 11.2 Å². The van der Waals surface area contributed by atoms with Crippen LogP contribution in [0.2, 0.25) is 5.02 Å². The lowest BCUT2D eigenvalue weighted by atomic mass is 10.1. The third-order valence-electron chi connectivity index (χ3n) is 5.11. The number of nitrogens with zero attached hydrogens (tertiary/aromatic N) is 2. The molecule has 0 saturated heterocycles. The van der Waals surface area contributed by atoms with Crippen molar-refractivity contribution in [2.45, 2.75) is 13.5 Å². The first-order valence-corrected chi connectivity index (χ1v) is 9.75. The zero-order valence-electron chi connectivity index (χ0n) is 16.4. The van der Waals surface area contributed by atoms with E-state index in [4.69, 9.17) is 11.6 Å². The highest BCUT2D eigenvalue weighted by Crippen LogP contribution is 2.29. The van der Waals surface area contributed by atoms with Crippen molar-refractivity contribution in [1.29, 1.82) is 0 Å². The van der Waals surface area contributed by atoms with Crippen LogP contribution in [0.4, 0.5) is 5.69 Å². The van der Waals surface area contributed by atoms with Gasteiger partial charge in [-0.2, -0.15) is 0 Å². The molecule has 2 N–H and O–H groups in total. The second-order valence-electron chi connectivity index (χ2n) is 6.95. The molecule has 4 aromatic rings. The summed E-state index contributed by atoms with van der Waals surface area (Å²) in [6.07, 6.45) is 3.04. The predicted octanol–water partition coefficient (Wildman–Crippen LogP) is 4.11. The van der Waals surface area contributed by atoms with Crippen LogP contribution in [0.5, 0.6) is 0 Å². The molecule has 0 aliphatic heterocycles. The number of nitrogens with one attached hydrogen (secondary N) is 2. The number of aromatic amines is 2. The van der Waals surface area contributed by atoms with Crippen molar-refractivity contribution in [3.05, 3.63) is 107 Å². The van der Waals surface area contributed by atoms with Crippen molar-refractivity contribution in [2.24, 2.45) is 0 Å². The zero-order valence-corrected chi connectivity index (χ0v) is 17.1. The number of hydrogen-bond acceptors (Lipinski definition) is 4. The lowest BCUT2D eigenvalue weighted by Gasteiger charge is -2.10. The molecule has 2 aromatic heterocycles. The average Bonchev–Trinajstić information content (AvgIpc) is 2.98. The molecule has 0 fully saturated rings. The highest BCUT2D eigenvalue weighted by molar-refractivity contribution is 6.31. The summed E-state index contributed by atoms with van der Waals surface area (Å²) >= 11 is 6.34. The Morgan fingerprint density at radius 1 is 1.06 bits per heavy atom. The molecule has 0 aliphatic carbocycles. The van der Waals surface area contributed by atoms with Gasteiger partial charge in [0.2, 0.25) is 0 Å². The van der Waals surface area contributed by atoms with Gasteiger partial charge in [0.05, 0.1) is 4.92 Å². The predicted molar refractivity (Wildman–Crippen MR) is 120 cm³/mol. The van der Waals surface area contributed by atoms with Gasteiger partial charge in [0.15, 0.2) is 0 Å². The Hall–Kier alpha value is -3.91. The van der Waals surface area contributed by atoms with E-state index >= 15 is 0 Å². The number of aromatic nitrogens is 3. The zero-order chi connectivity index (χ0) is 22.1. The first-order valence-electron chi connectivity index (χ1n) is 9.37. The highest BCUT2D eigenvalue weighted by atomic mass is 35.5. The van der Waals surface area contributed by atoms with Crippen LogP contribution in [-0.4, -0.2) is 19.5 Å². The third-order valence-corrected chi connectivity index (χ3v) is 5.48. The molecule has 0 saturated carbocycles. The molecule has 2 aromatic carbocycles. The first-order chi connectivity index (χ1) is 14.9. The monoisotopic (exact) mass is 436 g/mol. The highest BCUT2D eigenvalue weighted by Gasteiger charge is 2.19. The summed E-state index contributed by atoms with van der Waals surface area (Å²) in [6.45, 7) is 2.48. The van der Waals surface area contributed by atoms with Gasteiger partial charge < -0.3 is 9.55 Å². The number of halogens is 1. The van der Waals surface area contributed by atoms with Gasteiger partial charge >= 0.3 is 16.9 Å². The second kappa shape index (κ2) is 8.08. The summed E-state index contributed by atoms with van der Waals surface area (Å²) in [5, 5.41) is 12.9. The van der Waals surface area contributed by atoms with Crippen LogP contribution in [0.15, 0.2) is 58.1 Å². The van der Waals surface area contributed by atoms with Crippen molar-refractivity contribution in [1.82, 2.24) is 14.5 Å². The van der Waals surface area contributed by atoms with E-state index in [0.29, 0.717) is 11.6 Å². The van der Waals surface area contributed by atoms with Crippen molar-refractivity contribution >= 4 is 40.3 Å².